The van der Waals surface area contributed by atoms with Crippen LogP contribution in [0, 0.1) is 0 Å². The molecule has 1 aliphatic rings. The Morgan fingerprint density at radius 3 is 2.00 bits per heavy atom. The van der Waals surface area contributed by atoms with Gasteiger partial charge in [0.1, 0.15) is 11.5 Å². The van der Waals surface area contributed by atoms with Crippen molar-refractivity contribution in [2.75, 3.05) is 50.6 Å². The van der Waals surface area contributed by atoms with Crippen molar-refractivity contribution >= 4 is 17.3 Å². The number of anilines is 2. The molecule has 0 aromatic heterocycles. The number of hydrogen-bond acceptors (Lipinski definition) is 4. The molecule has 0 spiro atoms. The van der Waals surface area contributed by atoms with Gasteiger partial charge in [-0.05, 0) is 55.5 Å². The summed E-state index contributed by atoms with van der Waals surface area (Å²) in [6.45, 7) is 5.73. The minimum absolute atomic E-state index is 0.0491. The number of amides is 1. The molecular formula is C21H28N3O3+. The summed E-state index contributed by atoms with van der Waals surface area (Å²) in [6.07, 6.45) is 0. The molecule has 1 atom stereocenters. The molecule has 0 radical (unpaired) electrons. The van der Waals surface area contributed by atoms with Crippen LogP contribution in [-0.2, 0) is 4.79 Å². The highest BCUT2D eigenvalue weighted by Crippen LogP contribution is 2.19. The Morgan fingerprint density at radius 2 is 1.48 bits per heavy atom. The van der Waals surface area contributed by atoms with Gasteiger partial charge in [-0.3, -0.25) is 4.79 Å². The molecule has 3 rings (SSSR count). The molecule has 0 aliphatic carbocycles. The summed E-state index contributed by atoms with van der Waals surface area (Å²) in [5, 5.41) is 3.00. The molecule has 2 aromatic carbocycles. The third kappa shape index (κ3) is 4.71. The summed E-state index contributed by atoms with van der Waals surface area (Å²) in [7, 11) is 3.31. The van der Waals surface area contributed by atoms with Gasteiger partial charge in [-0.2, -0.15) is 0 Å². The van der Waals surface area contributed by atoms with Crippen LogP contribution in [0.25, 0.3) is 0 Å². The lowest BCUT2D eigenvalue weighted by Crippen LogP contribution is -3.19. The third-order valence-corrected chi connectivity index (χ3v) is 5.21. The zero-order valence-electron chi connectivity index (χ0n) is 16.2. The molecule has 27 heavy (non-hydrogen) atoms. The standard InChI is InChI=1S/C21H27N3O3/c1-16(21(25)22-17-4-8-19(26-2)9-5-17)23-12-14-24(15-13-23)18-6-10-20(27-3)11-7-18/h4-11,16H,12-15H2,1-3H3,(H,22,25)/p+1/t16-/m0/s1. The lowest BCUT2D eigenvalue weighted by atomic mass is 10.2. The second-order valence-corrected chi connectivity index (χ2v) is 6.78. The van der Waals surface area contributed by atoms with Crippen LogP contribution in [-0.4, -0.2) is 52.3 Å². The van der Waals surface area contributed by atoms with Gasteiger partial charge < -0.3 is 24.6 Å². The molecule has 1 saturated heterocycles. The Hall–Kier alpha value is -2.73. The van der Waals surface area contributed by atoms with Crippen molar-refractivity contribution in [3.8, 4) is 11.5 Å². The fourth-order valence-electron chi connectivity index (χ4n) is 3.39. The van der Waals surface area contributed by atoms with Gasteiger partial charge in [-0.15, -0.1) is 0 Å². The number of benzene rings is 2. The van der Waals surface area contributed by atoms with E-state index in [0.29, 0.717) is 0 Å². The summed E-state index contributed by atoms with van der Waals surface area (Å²) in [4.78, 5) is 16.3. The van der Waals surface area contributed by atoms with E-state index in [1.807, 2.05) is 43.3 Å². The molecule has 6 nitrogen and oxygen atoms in total. The molecule has 0 bridgehead atoms. The first kappa shape index (κ1) is 19.0. The Kier molecular flexibility index (Phi) is 6.19. The minimum Gasteiger partial charge on any atom is -0.497 e. The van der Waals surface area contributed by atoms with E-state index in [9.17, 15) is 4.79 Å². The lowest BCUT2D eigenvalue weighted by molar-refractivity contribution is -0.914. The summed E-state index contributed by atoms with van der Waals surface area (Å²) < 4.78 is 10.4. The van der Waals surface area contributed by atoms with E-state index in [-0.39, 0.29) is 11.9 Å². The van der Waals surface area contributed by atoms with Crippen LogP contribution in [0.15, 0.2) is 48.5 Å². The topological polar surface area (TPSA) is 55.2 Å². The van der Waals surface area contributed by atoms with E-state index in [2.05, 4.69) is 22.3 Å². The average Bonchev–Trinajstić information content (AvgIpc) is 2.74. The van der Waals surface area contributed by atoms with E-state index < -0.39 is 0 Å². The van der Waals surface area contributed by atoms with Crippen molar-refractivity contribution in [3.05, 3.63) is 48.5 Å². The molecule has 6 heteroatoms. The average molecular weight is 370 g/mol. The SMILES string of the molecule is COc1ccc(NC(=O)[C@H](C)[NH+]2CCN(c3ccc(OC)cc3)CC2)cc1. The van der Waals surface area contributed by atoms with Crippen LogP contribution < -0.4 is 24.6 Å². The van der Waals surface area contributed by atoms with Crippen molar-refractivity contribution in [1.82, 2.24) is 0 Å². The monoisotopic (exact) mass is 370 g/mol. The maximum absolute atomic E-state index is 12.6. The smallest absolute Gasteiger partial charge is 0.282 e. The highest BCUT2D eigenvalue weighted by molar-refractivity contribution is 5.93. The summed E-state index contributed by atoms with van der Waals surface area (Å²) >= 11 is 0. The predicted octanol–water partition coefficient (Wildman–Crippen LogP) is 1.44. The van der Waals surface area contributed by atoms with E-state index in [1.165, 1.54) is 10.6 Å². The molecule has 0 unspecified atom stereocenters. The number of hydrogen-bond donors (Lipinski definition) is 2. The van der Waals surface area contributed by atoms with Crippen LogP contribution >= 0.6 is 0 Å². The minimum atomic E-state index is -0.0925. The quantitative estimate of drug-likeness (QED) is 0.808. The number of carbonyl (C=O) groups excluding carboxylic acids is 1. The first-order chi connectivity index (χ1) is 13.1. The van der Waals surface area contributed by atoms with E-state index >= 15 is 0 Å². The van der Waals surface area contributed by atoms with E-state index in [1.54, 1.807) is 14.2 Å². The number of rotatable bonds is 6. The molecule has 1 aliphatic heterocycles. The van der Waals surface area contributed by atoms with Crippen molar-refractivity contribution in [2.45, 2.75) is 13.0 Å². The van der Waals surface area contributed by atoms with Crippen LogP contribution in [0.5, 0.6) is 11.5 Å². The number of piperazine rings is 1. The fourth-order valence-corrected chi connectivity index (χ4v) is 3.39. The summed E-state index contributed by atoms with van der Waals surface area (Å²) in [6, 6.07) is 15.5. The molecule has 0 saturated carbocycles. The summed E-state index contributed by atoms with van der Waals surface area (Å²) in [5.74, 6) is 1.70. The lowest BCUT2D eigenvalue weighted by Gasteiger charge is -2.36. The predicted molar refractivity (Wildman–Crippen MR) is 107 cm³/mol. The maximum atomic E-state index is 12.6. The second kappa shape index (κ2) is 8.77. The van der Waals surface area contributed by atoms with Gasteiger partial charge in [0, 0.05) is 11.4 Å². The van der Waals surface area contributed by atoms with Gasteiger partial charge in [0.2, 0.25) is 0 Å². The van der Waals surface area contributed by atoms with Gasteiger partial charge in [0.25, 0.3) is 5.91 Å². The van der Waals surface area contributed by atoms with Crippen LogP contribution in [0.3, 0.4) is 0 Å². The van der Waals surface area contributed by atoms with Crippen molar-refractivity contribution in [3.63, 3.8) is 0 Å². The normalized spacial score (nSPS) is 15.9. The second-order valence-electron chi connectivity index (χ2n) is 6.78. The molecule has 1 fully saturated rings. The number of quaternary nitrogens is 1. The largest absolute Gasteiger partial charge is 0.497 e. The van der Waals surface area contributed by atoms with Gasteiger partial charge in [-0.25, -0.2) is 0 Å². The van der Waals surface area contributed by atoms with Gasteiger partial charge in [0.15, 0.2) is 6.04 Å². The third-order valence-electron chi connectivity index (χ3n) is 5.21. The van der Waals surface area contributed by atoms with Gasteiger partial charge in [0.05, 0.1) is 40.4 Å². The van der Waals surface area contributed by atoms with Crippen LogP contribution in [0.2, 0.25) is 0 Å². The summed E-state index contributed by atoms with van der Waals surface area (Å²) in [5.41, 5.74) is 1.99. The highest BCUT2D eigenvalue weighted by atomic mass is 16.5. The van der Waals surface area contributed by atoms with Gasteiger partial charge >= 0.3 is 0 Å². The molecule has 2 aromatic rings. The van der Waals surface area contributed by atoms with Gasteiger partial charge in [-0.1, -0.05) is 0 Å². The molecule has 2 N–H and O–H groups in total. The Morgan fingerprint density at radius 1 is 0.963 bits per heavy atom. The zero-order chi connectivity index (χ0) is 19.2. The molecular weight excluding hydrogens is 342 g/mol. The fraction of sp³-hybridized carbons (Fsp3) is 0.381. The maximum Gasteiger partial charge on any atom is 0.282 e. The number of methoxy groups -OCH3 is 2. The van der Waals surface area contributed by atoms with Crippen molar-refractivity contribution in [2.24, 2.45) is 0 Å². The molecule has 1 heterocycles. The number of ether oxygens (including phenoxy) is 2. The Labute approximate surface area is 160 Å². The van der Waals surface area contributed by atoms with Crippen LogP contribution in [0.1, 0.15) is 6.92 Å². The molecule has 144 valence electrons. The van der Waals surface area contributed by atoms with E-state index in [4.69, 9.17) is 9.47 Å². The number of nitrogens with one attached hydrogen (secondary N) is 2. The number of nitrogens with zero attached hydrogens (tertiary/aromatic N) is 1. The van der Waals surface area contributed by atoms with Crippen molar-refractivity contribution < 1.29 is 19.2 Å². The first-order valence-corrected chi connectivity index (χ1v) is 9.29. The zero-order valence-corrected chi connectivity index (χ0v) is 16.2. The van der Waals surface area contributed by atoms with Crippen molar-refractivity contribution in [1.29, 1.82) is 0 Å². The highest BCUT2D eigenvalue weighted by Gasteiger charge is 2.29. The van der Waals surface area contributed by atoms with Crippen LogP contribution in [0.4, 0.5) is 11.4 Å². The first-order valence-electron chi connectivity index (χ1n) is 9.29. The molecule has 1 amide bonds. The van der Waals surface area contributed by atoms with E-state index in [0.717, 1.165) is 43.4 Å². The number of carbonyl (C=O) groups is 1. The Balaban J connectivity index is 1.52. The Bertz CT molecular complexity index is 738.